The Morgan fingerprint density at radius 1 is 1.50 bits per heavy atom. The quantitative estimate of drug-likeness (QED) is 0.928. The number of rotatable bonds is 3. The number of likely N-dealkylation sites (tertiary alicyclic amines) is 1. The number of amides is 1. The first kappa shape index (κ1) is 14.8. The number of carbonyl (C=O) groups excluding carboxylic acids is 1. The second-order valence-electron chi connectivity index (χ2n) is 6.13. The van der Waals surface area contributed by atoms with Crippen LogP contribution in [0.5, 0.6) is 0 Å². The Balaban J connectivity index is 1.76. The van der Waals surface area contributed by atoms with Gasteiger partial charge in [-0.2, -0.15) is 0 Å². The van der Waals surface area contributed by atoms with Crippen LogP contribution in [-0.4, -0.2) is 44.0 Å². The predicted octanol–water partition coefficient (Wildman–Crippen LogP) is 1.49. The van der Waals surface area contributed by atoms with Crippen LogP contribution in [-0.2, 0) is 5.60 Å². The number of furan rings is 1. The van der Waals surface area contributed by atoms with Gasteiger partial charge in [0, 0.05) is 19.0 Å². The lowest BCUT2D eigenvalue weighted by atomic mass is 10.00. The van der Waals surface area contributed by atoms with Crippen molar-refractivity contribution >= 4 is 5.91 Å². The SMILES string of the molecule is Cc1cc(C(=O)N2CC[C@@](O)(c3cn(C(C)C)nn3)C2)co1. The van der Waals surface area contributed by atoms with Gasteiger partial charge in [0.25, 0.3) is 5.91 Å². The Morgan fingerprint density at radius 3 is 2.86 bits per heavy atom. The minimum atomic E-state index is -1.14. The fourth-order valence-corrected chi connectivity index (χ4v) is 2.66. The van der Waals surface area contributed by atoms with Crippen LogP contribution in [0.15, 0.2) is 22.9 Å². The van der Waals surface area contributed by atoms with E-state index < -0.39 is 5.60 Å². The van der Waals surface area contributed by atoms with Crippen molar-refractivity contribution in [1.82, 2.24) is 19.9 Å². The lowest BCUT2D eigenvalue weighted by molar-refractivity contribution is 0.0381. The number of β-amino-alcohol motifs (C(OH)–C–C–N with tert-alkyl or cyclic N) is 1. The molecule has 1 aliphatic rings. The number of carbonyl (C=O) groups is 1. The topological polar surface area (TPSA) is 84.4 Å². The van der Waals surface area contributed by atoms with Gasteiger partial charge in [0.15, 0.2) is 0 Å². The molecule has 0 saturated carbocycles. The lowest BCUT2D eigenvalue weighted by Gasteiger charge is -2.20. The second kappa shape index (κ2) is 5.24. The molecule has 1 aliphatic heterocycles. The van der Waals surface area contributed by atoms with E-state index in [9.17, 15) is 9.90 Å². The molecule has 3 rings (SSSR count). The molecule has 3 heterocycles. The van der Waals surface area contributed by atoms with E-state index in [1.165, 1.54) is 6.26 Å². The molecule has 1 amide bonds. The van der Waals surface area contributed by atoms with Gasteiger partial charge in [-0.05, 0) is 26.8 Å². The fourth-order valence-electron chi connectivity index (χ4n) is 2.66. The molecular formula is C15H20N4O3. The second-order valence-corrected chi connectivity index (χ2v) is 6.13. The van der Waals surface area contributed by atoms with Crippen LogP contribution in [0.4, 0.5) is 0 Å². The van der Waals surface area contributed by atoms with Crippen LogP contribution in [0.1, 0.15) is 48.1 Å². The van der Waals surface area contributed by atoms with Crippen LogP contribution >= 0.6 is 0 Å². The summed E-state index contributed by atoms with van der Waals surface area (Å²) >= 11 is 0. The summed E-state index contributed by atoms with van der Waals surface area (Å²) in [6, 6.07) is 1.88. The first-order valence-corrected chi connectivity index (χ1v) is 7.38. The maximum Gasteiger partial charge on any atom is 0.257 e. The summed E-state index contributed by atoms with van der Waals surface area (Å²) in [4.78, 5) is 14.0. The third kappa shape index (κ3) is 2.52. The number of nitrogens with zero attached hydrogens (tertiary/aromatic N) is 4. The van der Waals surface area contributed by atoms with Crippen LogP contribution in [0.3, 0.4) is 0 Å². The van der Waals surface area contributed by atoms with Crippen LogP contribution in [0.2, 0.25) is 0 Å². The molecule has 0 spiro atoms. The molecule has 0 bridgehead atoms. The molecule has 1 atom stereocenters. The van der Waals surface area contributed by atoms with Gasteiger partial charge in [-0.25, -0.2) is 4.68 Å². The third-order valence-electron chi connectivity index (χ3n) is 4.03. The van der Waals surface area contributed by atoms with Crippen molar-refractivity contribution in [2.24, 2.45) is 0 Å². The molecule has 118 valence electrons. The van der Waals surface area contributed by atoms with E-state index >= 15 is 0 Å². The van der Waals surface area contributed by atoms with E-state index in [0.29, 0.717) is 30.0 Å². The number of hydrogen-bond acceptors (Lipinski definition) is 5. The third-order valence-corrected chi connectivity index (χ3v) is 4.03. The minimum Gasteiger partial charge on any atom is -0.469 e. The van der Waals surface area contributed by atoms with Crippen molar-refractivity contribution in [3.05, 3.63) is 35.5 Å². The van der Waals surface area contributed by atoms with Gasteiger partial charge < -0.3 is 14.4 Å². The van der Waals surface area contributed by atoms with E-state index in [1.807, 2.05) is 13.8 Å². The summed E-state index contributed by atoms with van der Waals surface area (Å²) in [6.45, 7) is 6.48. The van der Waals surface area contributed by atoms with Gasteiger partial charge in [-0.15, -0.1) is 5.10 Å². The van der Waals surface area contributed by atoms with E-state index in [0.717, 1.165) is 0 Å². The molecule has 1 saturated heterocycles. The van der Waals surface area contributed by atoms with E-state index in [-0.39, 0.29) is 18.5 Å². The molecule has 7 heteroatoms. The molecule has 0 aromatic carbocycles. The van der Waals surface area contributed by atoms with Crippen molar-refractivity contribution in [2.45, 2.75) is 38.8 Å². The molecule has 2 aromatic heterocycles. The first-order valence-electron chi connectivity index (χ1n) is 7.38. The Kier molecular flexibility index (Phi) is 3.52. The molecule has 0 aliphatic carbocycles. The van der Waals surface area contributed by atoms with Crippen molar-refractivity contribution in [3.63, 3.8) is 0 Å². The Hall–Kier alpha value is -2.15. The van der Waals surface area contributed by atoms with Gasteiger partial charge in [-0.3, -0.25) is 4.79 Å². The largest absolute Gasteiger partial charge is 0.469 e. The van der Waals surface area contributed by atoms with E-state index in [2.05, 4.69) is 10.3 Å². The minimum absolute atomic E-state index is 0.135. The summed E-state index contributed by atoms with van der Waals surface area (Å²) in [5.74, 6) is 0.557. The van der Waals surface area contributed by atoms with Crippen molar-refractivity contribution in [1.29, 1.82) is 0 Å². The Bertz CT molecular complexity index is 691. The standard InChI is InChI=1S/C15H20N4O3/c1-10(2)19-7-13(16-17-19)15(21)4-5-18(9-15)14(20)12-6-11(3)22-8-12/h6-8,10,21H,4-5,9H2,1-3H3/t15-/m0/s1. The zero-order chi connectivity index (χ0) is 15.9. The summed E-state index contributed by atoms with van der Waals surface area (Å²) < 4.78 is 6.88. The maximum atomic E-state index is 12.4. The highest BCUT2D eigenvalue weighted by molar-refractivity contribution is 5.94. The fraction of sp³-hybridized carbons (Fsp3) is 0.533. The molecular weight excluding hydrogens is 284 g/mol. The summed E-state index contributed by atoms with van der Waals surface area (Å²) in [7, 11) is 0. The predicted molar refractivity (Wildman–Crippen MR) is 78.3 cm³/mol. The highest BCUT2D eigenvalue weighted by Crippen LogP contribution is 2.31. The zero-order valence-electron chi connectivity index (χ0n) is 13.0. The molecule has 2 aromatic rings. The summed E-state index contributed by atoms with van der Waals surface area (Å²) in [5, 5.41) is 18.9. The molecule has 0 unspecified atom stereocenters. The highest BCUT2D eigenvalue weighted by atomic mass is 16.3. The van der Waals surface area contributed by atoms with Gasteiger partial charge in [0.05, 0.1) is 18.3 Å². The lowest BCUT2D eigenvalue weighted by Crippen LogP contribution is -2.34. The van der Waals surface area contributed by atoms with Crippen LogP contribution in [0, 0.1) is 6.92 Å². The summed E-state index contributed by atoms with van der Waals surface area (Å²) in [5.41, 5.74) is -0.117. The van der Waals surface area contributed by atoms with Gasteiger partial charge in [0.2, 0.25) is 0 Å². The number of hydrogen-bond donors (Lipinski definition) is 1. The van der Waals surface area contributed by atoms with Gasteiger partial charge in [0.1, 0.15) is 23.3 Å². The van der Waals surface area contributed by atoms with Gasteiger partial charge in [-0.1, -0.05) is 5.21 Å². The maximum absolute atomic E-state index is 12.4. The first-order chi connectivity index (χ1) is 10.4. The number of aliphatic hydroxyl groups is 1. The molecule has 0 radical (unpaired) electrons. The number of aromatic nitrogens is 3. The van der Waals surface area contributed by atoms with E-state index in [1.54, 1.807) is 28.8 Å². The Labute approximate surface area is 128 Å². The molecule has 7 nitrogen and oxygen atoms in total. The monoisotopic (exact) mass is 304 g/mol. The molecule has 22 heavy (non-hydrogen) atoms. The van der Waals surface area contributed by atoms with Crippen molar-refractivity contribution in [2.75, 3.05) is 13.1 Å². The Morgan fingerprint density at radius 2 is 2.27 bits per heavy atom. The summed E-state index contributed by atoms with van der Waals surface area (Å²) in [6.07, 6.45) is 3.65. The van der Waals surface area contributed by atoms with Crippen molar-refractivity contribution in [3.8, 4) is 0 Å². The van der Waals surface area contributed by atoms with Crippen LogP contribution < -0.4 is 0 Å². The van der Waals surface area contributed by atoms with Gasteiger partial charge >= 0.3 is 0 Å². The molecule has 1 fully saturated rings. The zero-order valence-corrected chi connectivity index (χ0v) is 13.0. The highest BCUT2D eigenvalue weighted by Gasteiger charge is 2.42. The average Bonchev–Trinajstić information content (AvgIpc) is 3.17. The van der Waals surface area contributed by atoms with Crippen LogP contribution in [0.25, 0.3) is 0 Å². The smallest absolute Gasteiger partial charge is 0.257 e. The molecule has 1 N–H and O–H groups in total. The normalized spacial score (nSPS) is 21.8. The van der Waals surface area contributed by atoms with E-state index in [4.69, 9.17) is 4.42 Å². The number of aryl methyl sites for hydroxylation is 1. The average molecular weight is 304 g/mol. The van der Waals surface area contributed by atoms with Crippen molar-refractivity contribution < 1.29 is 14.3 Å².